The molecule has 0 radical (unpaired) electrons. The van der Waals surface area contributed by atoms with Crippen molar-refractivity contribution in [2.45, 2.75) is 19.5 Å². The summed E-state index contributed by atoms with van der Waals surface area (Å²) in [5.41, 5.74) is 0.805. The van der Waals surface area contributed by atoms with Crippen LogP contribution >= 0.6 is 23.2 Å². The second kappa shape index (κ2) is 10.9. The first-order valence-corrected chi connectivity index (χ1v) is 12.1. The van der Waals surface area contributed by atoms with Gasteiger partial charge in [-0.05, 0) is 42.8 Å². The van der Waals surface area contributed by atoms with Gasteiger partial charge >= 0.3 is 0 Å². The molecule has 0 bridgehead atoms. The zero-order chi connectivity index (χ0) is 24.1. The number of hydrogen-bond acceptors (Lipinski definition) is 5. The minimum Gasteiger partial charge on any atom is -0.495 e. The Morgan fingerprint density at radius 1 is 1.12 bits per heavy atom. The van der Waals surface area contributed by atoms with Crippen molar-refractivity contribution in [3.05, 3.63) is 58.1 Å². The van der Waals surface area contributed by atoms with Gasteiger partial charge in [-0.2, -0.15) is 0 Å². The molecule has 2 aromatic rings. The summed E-state index contributed by atoms with van der Waals surface area (Å²) < 4.78 is 31.4. The Bertz CT molecular complexity index is 1090. The van der Waals surface area contributed by atoms with Crippen molar-refractivity contribution < 1.29 is 22.7 Å². The molecular weight excluding hydrogens is 477 g/mol. The van der Waals surface area contributed by atoms with Crippen LogP contribution in [0.5, 0.6) is 5.75 Å². The lowest BCUT2D eigenvalue weighted by Crippen LogP contribution is -2.50. The van der Waals surface area contributed by atoms with E-state index in [9.17, 15) is 18.0 Å². The molecule has 2 amide bonds. The summed E-state index contributed by atoms with van der Waals surface area (Å²) in [4.78, 5) is 26.9. The molecule has 1 N–H and O–H groups in total. The molecule has 0 saturated carbocycles. The Kier molecular flexibility index (Phi) is 8.77. The number of hydrogen-bond donors (Lipinski definition) is 1. The Hall–Kier alpha value is -2.49. The Labute approximate surface area is 198 Å². The molecule has 2 rings (SSSR count). The molecule has 0 fully saturated rings. The monoisotopic (exact) mass is 501 g/mol. The van der Waals surface area contributed by atoms with Crippen LogP contribution in [0.2, 0.25) is 10.0 Å². The molecule has 0 aromatic heterocycles. The van der Waals surface area contributed by atoms with Crippen molar-refractivity contribution in [3.63, 3.8) is 0 Å². The molecule has 0 heterocycles. The van der Waals surface area contributed by atoms with Gasteiger partial charge in [0, 0.05) is 23.6 Å². The molecule has 0 spiro atoms. The first-order valence-electron chi connectivity index (χ1n) is 9.54. The number of carbonyl (C=O) groups excluding carboxylic acids is 2. The number of methoxy groups -OCH3 is 1. The maximum absolute atomic E-state index is 13.3. The van der Waals surface area contributed by atoms with Crippen LogP contribution in [0.15, 0.2) is 42.5 Å². The Morgan fingerprint density at radius 3 is 2.34 bits per heavy atom. The summed E-state index contributed by atoms with van der Waals surface area (Å²) in [6, 6.07) is 10.4. The molecule has 32 heavy (non-hydrogen) atoms. The van der Waals surface area contributed by atoms with Crippen molar-refractivity contribution in [2.75, 3.05) is 31.3 Å². The largest absolute Gasteiger partial charge is 0.495 e. The fourth-order valence-corrected chi connectivity index (χ4v) is 4.30. The Balaban J connectivity index is 2.46. The zero-order valence-electron chi connectivity index (χ0n) is 18.1. The number of anilines is 1. The number of carbonyl (C=O) groups is 2. The van der Waals surface area contributed by atoms with Crippen LogP contribution in [0.1, 0.15) is 12.5 Å². The molecule has 11 heteroatoms. The van der Waals surface area contributed by atoms with Crippen LogP contribution < -0.4 is 14.4 Å². The van der Waals surface area contributed by atoms with E-state index in [1.54, 1.807) is 37.3 Å². The SMILES string of the molecule is CNC(=O)[C@@H](C)N(Cc1cccc(Cl)c1)C(=O)CN(c1cc(Cl)ccc1OC)S(C)(=O)=O. The topological polar surface area (TPSA) is 96.0 Å². The standard InChI is InChI=1S/C21H25Cl2N3O5S/c1-14(21(28)24-2)25(12-15-6-5-7-16(22)10-15)20(27)13-26(32(4,29)30)18-11-17(23)8-9-19(18)31-3/h5-11,14H,12-13H2,1-4H3,(H,24,28)/t14-/m1/s1. The summed E-state index contributed by atoms with van der Waals surface area (Å²) in [7, 11) is -1.06. The highest BCUT2D eigenvalue weighted by atomic mass is 35.5. The minimum atomic E-state index is -3.90. The van der Waals surface area contributed by atoms with Gasteiger partial charge in [0.15, 0.2) is 0 Å². The molecule has 8 nitrogen and oxygen atoms in total. The van der Waals surface area contributed by atoms with Crippen LogP contribution in [-0.2, 0) is 26.2 Å². The van der Waals surface area contributed by atoms with Crippen LogP contribution in [0.3, 0.4) is 0 Å². The van der Waals surface area contributed by atoms with E-state index in [4.69, 9.17) is 27.9 Å². The smallest absolute Gasteiger partial charge is 0.244 e. The molecular formula is C21H25Cl2N3O5S. The fraction of sp³-hybridized carbons (Fsp3) is 0.333. The molecule has 1 atom stereocenters. The van der Waals surface area contributed by atoms with E-state index in [1.807, 2.05) is 0 Å². The number of rotatable bonds is 9. The summed E-state index contributed by atoms with van der Waals surface area (Å²) >= 11 is 12.1. The van der Waals surface area contributed by atoms with E-state index in [0.717, 1.165) is 10.6 Å². The fourth-order valence-electron chi connectivity index (χ4n) is 3.08. The van der Waals surface area contributed by atoms with Crippen molar-refractivity contribution in [2.24, 2.45) is 0 Å². The van der Waals surface area contributed by atoms with E-state index >= 15 is 0 Å². The second-order valence-electron chi connectivity index (χ2n) is 7.03. The van der Waals surface area contributed by atoms with E-state index in [1.165, 1.54) is 31.2 Å². The van der Waals surface area contributed by atoms with Crippen LogP contribution in [-0.4, -0.2) is 58.1 Å². The normalized spacial score (nSPS) is 12.1. The number of amides is 2. The molecule has 0 saturated heterocycles. The van der Waals surface area contributed by atoms with Gasteiger partial charge in [0.25, 0.3) is 0 Å². The van der Waals surface area contributed by atoms with Crippen molar-refractivity contribution in [1.29, 1.82) is 0 Å². The van der Waals surface area contributed by atoms with Gasteiger partial charge in [-0.1, -0.05) is 35.3 Å². The number of nitrogens with one attached hydrogen (secondary N) is 1. The number of nitrogens with zero attached hydrogens (tertiary/aromatic N) is 2. The summed E-state index contributed by atoms with van der Waals surface area (Å²) in [5, 5.41) is 3.26. The van der Waals surface area contributed by atoms with Crippen molar-refractivity contribution in [3.8, 4) is 5.75 Å². The zero-order valence-corrected chi connectivity index (χ0v) is 20.5. The van der Waals surface area contributed by atoms with Crippen molar-refractivity contribution >= 4 is 50.7 Å². The predicted octanol–water partition coefficient (Wildman–Crippen LogP) is 2.93. The average molecular weight is 502 g/mol. The lowest BCUT2D eigenvalue weighted by Gasteiger charge is -2.31. The lowest BCUT2D eigenvalue weighted by atomic mass is 10.1. The van der Waals surface area contributed by atoms with E-state index in [0.29, 0.717) is 10.6 Å². The Morgan fingerprint density at radius 2 is 1.78 bits per heavy atom. The highest BCUT2D eigenvalue weighted by Gasteiger charge is 2.31. The maximum atomic E-state index is 13.3. The number of ether oxygens (including phenoxy) is 1. The maximum Gasteiger partial charge on any atom is 0.244 e. The third-order valence-electron chi connectivity index (χ3n) is 4.74. The minimum absolute atomic E-state index is 0.0538. The van der Waals surface area contributed by atoms with E-state index in [-0.39, 0.29) is 23.0 Å². The van der Waals surface area contributed by atoms with Crippen LogP contribution in [0, 0.1) is 0 Å². The van der Waals surface area contributed by atoms with Gasteiger partial charge in [0.05, 0.1) is 19.1 Å². The van der Waals surface area contributed by atoms with Crippen LogP contribution in [0.4, 0.5) is 5.69 Å². The summed E-state index contributed by atoms with van der Waals surface area (Å²) in [6.07, 6.45) is 0.976. The third kappa shape index (κ3) is 6.51. The van der Waals surface area contributed by atoms with Gasteiger partial charge < -0.3 is 15.0 Å². The third-order valence-corrected chi connectivity index (χ3v) is 6.34. The average Bonchev–Trinajstić information content (AvgIpc) is 2.73. The lowest BCUT2D eigenvalue weighted by molar-refractivity contribution is -0.139. The molecule has 0 aliphatic carbocycles. The number of halogens is 2. The number of likely N-dealkylation sites (N-methyl/N-ethyl adjacent to an activating group) is 1. The number of benzene rings is 2. The second-order valence-corrected chi connectivity index (χ2v) is 9.81. The van der Waals surface area contributed by atoms with Gasteiger partial charge in [-0.25, -0.2) is 8.42 Å². The predicted molar refractivity (Wildman–Crippen MR) is 126 cm³/mol. The van der Waals surface area contributed by atoms with Crippen molar-refractivity contribution in [1.82, 2.24) is 10.2 Å². The summed E-state index contributed by atoms with van der Waals surface area (Å²) in [5.74, 6) is -0.756. The van der Waals surface area contributed by atoms with E-state index < -0.39 is 34.4 Å². The van der Waals surface area contributed by atoms with Gasteiger partial charge in [-0.3, -0.25) is 13.9 Å². The molecule has 0 unspecified atom stereocenters. The highest BCUT2D eigenvalue weighted by Crippen LogP contribution is 2.33. The van der Waals surface area contributed by atoms with Gasteiger partial charge in [-0.15, -0.1) is 0 Å². The first kappa shape index (κ1) is 25.8. The van der Waals surface area contributed by atoms with E-state index in [2.05, 4.69) is 5.32 Å². The quantitative estimate of drug-likeness (QED) is 0.569. The molecule has 0 aliphatic rings. The first-order chi connectivity index (χ1) is 15.0. The molecule has 174 valence electrons. The molecule has 2 aromatic carbocycles. The summed E-state index contributed by atoms with van der Waals surface area (Å²) in [6.45, 7) is 1.06. The highest BCUT2D eigenvalue weighted by molar-refractivity contribution is 7.92. The molecule has 0 aliphatic heterocycles. The number of sulfonamides is 1. The van der Waals surface area contributed by atoms with Crippen LogP contribution in [0.25, 0.3) is 0 Å². The van der Waals surface area contributed by atoms with Gasteiger partial charge in [0.2, 0.25) is 21.8 Å². The van der Waals surface area contributed by atoms with Gasteiger partial charge in [0.1, 0.15) is 18.3 Å².